The minimum atomic E-state index is 0.249. The molecule has 1 aromatic rings. The fourth-order valence-electron chi connectivity index (χ4n) is 1.98. The number of hydrogen-bond acceptors (Lipinski definition) is 3. The van der Waals surface area contributed by atoms with Crippen LogP contribution in [-0.2, 0) is 6.42 Å². The van der Waals surface area contributed by atoms with Gasteiger partial charge in [0.25, 0.3) is 0 Å². The van der Waals surface area contributed by atoms with Crippen LogP contribution in [0.15, 0.2) is 16.8 Å². The van der Waals surface area contributed by atoms with Crippen LogP contribution in [0.1, 0.15) is 25.8 Å². The van der Waals surface area contributed by atoms with E-state index in [2.05, 4.69) is 47.8 Å². The quantitative estimate of drug-likeness (QED) is 0.833. The van der Waals surface area contributed by atoms with Gasteiger partial charge in [-0.15, -0.1) is 11.8 Å². The normalized spacial score (nSPS) is 33.1. The summed E-state index contributed by atoms with van der Waals surface area (Å²) >= 11 is 3.85. The Kier molecular flexibility index (Phi) is 3.20. The summed E-state index contributed by atoms with van der Waals surface area (Å²) in [5.41, 5.74) is 1.46. The first kappa shape index (κ1) is 10.5. The lowest BCUT2D eigenvalue weighted by Crippen LogP contribution is -2.49. The fourth-order valence-corrected chi connectivity index (χ4v) is 4.12. The molecule has 0 amide bonds. The Morgan fingerprint density at radius 3 is 3.14 bits per heavy atom. The molecule has 1 aromatic heterocycles. The van der Waals surface area contributed by atoms with Gasteiger partial charge in [0.15, 0.2) is 0 Å². The van der Waals surface area contributed by atoms with Crippen LogP contribution >= 0.6 is 23.1 Å². The molecule has 1 N–H and O–H groups in total. The summed E-state index contributed by atoms with van der Waals surface area (Å²) in [7, 11) is 0. The second kappa shape index (κ2) is 4.25. The maximum atomic E-state index is 3.70. The first-order chi connectivity index (χ1) is 6.68. The van der Waals surface area contributed by atoms with Crippen LogP contribution in [0.2, 0.25) is 0 Å². The van der Waals surface area contributed by atoms with Crippen molar-refractivity contribution in [2.24, 2.45) is 0 Å². The average molecular weight is 227 g/mol. The Morgan fingerprint density at radius 1 is 1.64 bits per heavy atom. The van der Waals surface area contributed by atoms with Gasteiger partial charge >= 0.3 is 0 Å². The van der Waals surface area contributed by atoms with Crippen LogP contribution in [0.25, 0.3) is 0 Å². The van der Waals surface area contributed by atoms with E-state index < -0.39 is 0 Å². The smallest absolute Gasteiger partial charge is 0.0659 e. The summed E-state index contributed by atoms with van der Waals surface area (Å²) in [6.07, 6.45) is 2.44. The first-order valence-corrected chi connectivity index (χ1v) is 7.03. The van der Waals surface area contributed by atoms with Crippen molar-refractivity contribution in [2.45, 2.75) is 37.6 Å². The summed E-state index contributed by atoms with van der Waals surface area (Å²) < 4.78 is 0. The molecular formula is C11H17NS2. The van der Waals surface area contributed by atoms with Crippen molar-refractivity contribution >= 4 is 23.1 Å². The fraction of sp³-hybridized carbons (Fsp3) is 0.636. The van der Waals surface area contributed by atoms with Gasteiger partial charge in [0.05, 0.1) is 4.87 Å². The van der Waals surface area contributed by atoms with Crippen molar-refractivity contribution in [1.82, 2.24) is 5.32 Å². The predicted octanol–water partition coefficient (Wildman–Crippen LogP) is 3.12. The molecule has 0 spiro atoms. The van der Waals surface area contributed by atoms with Gasteiger partial charge in [0, 0.05) is 12.5 Å². The maximum absolute atomic E-state index is 3.70. The Labute approximate surface area is 94.3 Å². The van der Waals surface area contributed by atoms with Gasteiger partial charge in [0.1, 0.15) is 0 Å². The Balaban J connectivity index is 2.01. The zero-order chi connectivity index (χ0) is 10.0. The standard InChI is InChI=1S/C11H17NS2/c1-9-3-6-14-11(2,12-9)7-10-4-5-13-8-10/h4-5,8-9,12H,3,6-7H2,1-2H3. The summed E-state index contributed by atoms with van der Waals surface area (Å²) in [6.45, 7) is 4.61. The van der Waals surface area contributed by atoms with Gasteiger partial charge in [-0.3, -0.25) is 0 Å². The third-order valence-corrected chi connectivity index (χ3v) is 4.72. The van der Waals surface area contributed by atoms with Crippen molar-refractivity contribution in [1.29, 1.82) is 0 Å². The van der Waals surface area contributed by atoms with Gasteiger partial charge in [-0.1, -0.05) is 0 Å². The Bertz CT molecular complexity index is 283. The highest BCUT2D eigenvalue weighted by atomic mass is 32.2. The molecule has 0 radical (unpaired) electrons. The highest BCUT2D eigenvalue weighted by Gasteiger charge is 2.30. The van der Waals surface area contributed by atoms with E-state index in [0.717, 1.165) is 6.42 Å². The number of nitrogens with one attached hydrogen (secondary N) is 1. The summed E-state index contributed by atoms with van der Waals surface area (Å²) in [6, 6.07) is 2.90. The average Bonchev–Trinajstić information content (AvgIpc) is 2.55. The number of hydrogen-bond donors (Lipinski definition) is 1. The molecule has 1 aliphatic heterocycles. The van der Waals surface area contributed by atoms with E-state index in [1.165, 1.54) is 17.7 Å². The van der Waals surface area contributed by atoms with Crippen LogP contribution in [0.4, 0.5) is 0 Å². The highest BCUT2D eigenvalue weighted by molar-refractivity contribution is 8.00. The lowest BCUT2D eigenvalue weighted by molar-refractivity contribution is 0.408. The molecule has 2 atom stereocenters. The SMILES string of the molecule is CC1CCSC(C)(Cc2ccsc2)N1. The minimum absolute atomic E-state index is 0.249. The van der Waals surface area contributed by atoms with Crippen molar-refractivity contribution in [3.63, 3.8) is 0 Å². The third kappa shape index (κ3) is 2.53. The number of thioether (sulfide) groups is 1. The zero-order valence-electron chi connectivity index (χ0n) is 8.75. The molecule has 0 aliphatic carbocycles. The maximum Gasteiger partial charge on any atom is 0.0659 e. The summed E-state index contributed by atoms with van der Waals surface area (Å²) in [5.74, 6) is 1.29. The van der Waals surface area contributed by atoms with Gasteiger partial charge < -0.3 is 5.32 Å². The molecule has 1 fully saturated rings. The van der Waals surface area contributed by atoms with E-state index in [1.807, 2.05) is 0 Å². The monoisotopic (exact) mass is 227 g/mol. The van der Waals surface area contributed by atoms with E-state index in [-0.39, 0.29) is 4.87 Å². The molecule has 0 aromatic carbocycles. The van der Waals surface area contributed by atoms with Gasteiger partial charge in [-0.05, 0) is 48.4 Å². The molecular weight excluding hydrogens is 210 g/mol. The molecule has 14 heavy (non-hydrogen) atoms. The van der Waals surface area contributed by atoms with Crippen LogP contribution in [0.5, 0.6) is 0 Å². The minimum Gasteiger partial charge on any atom is -0.300 e. The van der Waals surface area contributed by atoms with Crippen molar-refractivity contribution < 1.29 is 0 Å². The second-order valence-corrected chi connectivity index (χ2v) is 6.60. The number of thiophene rings is 1. The second-order valence-electron chi connectivity index (χ2n) is 4.22. The van der Waals surface area contributed by atoms with E-state index in [4.69, 9.17) is 0 Å². The van der Waals surface area contributed by atoms with E-state index >= 15 is 0 Å². The van der Waals surface area contributed by atoms with Gasteiger partial charge in [0.2, 0.25) is 0 Å². The molecule has 3 heteroatoms. The third-order valence-electron chi connectivity index (χ3n) is 2.64. The van der Waals surface area contributed by atoms with E-state index in [9.17, 15) is 0 Å². The first-order valence-electron chi connectivity index (χ1n) is 5.11. The largest absolute Gasteiger partial charge is 0.300 e. The Hall–Kier alpha value is 0.01000. The van der Waals surface area contributed by atoms with Crippen LogP contribution in [-0.4, -0.2) is 16.7 Å². The lowest BCUT2D eigenvalue weighted by Gasteiger charge is -2.38. The summed E-state index contributed by atoms with van der Waals surface area (Å²) in [5, 5.41) is 8.12. The highest BCUT2D eigenvalue weighted by Crippen LogP contribution is 2.32. The molecule has 0 saturated carbocycles. The van der Waals surface area contributed by atoms with Crippen LogP contribution in [0.3, 0.4) is 0 Å². The van der Waals surface area contributed by atoms with E-state index in [0.29, 0.717) is 6.04 Å². The molecule has 78 valence electrons. The predicted molar refractivity (Wildman–Crippen MR) is 66.1 cm³/mol. The molecule has 1 nitrogen and oxygen atoms in total. The molecule has 0 bridgehead atoms. The molecule has 1 aliphatic rings. The summed E-state index contributed by atoms with van der Waals surface area (Å²) in [4.78, 5) is 0.249. The van der Waals surface area contributed by atoms with Gasteiger partial charge in [-0.25, -0.2) is 0 Å². The molecule has 1 saturated heterocycles. The van der Waals surface area contributed by atoms with Crippen molar-refractivity contribution in [2.75, 3.05) is 5.75 Å². The topological polar surface area (TPSA) is 12.0 Å². The van der Waals surface area contributed by atoms with Crippen LogP contribution < -0.4 is 5.32 Å². The van der Waals surface area contributed by atoms with E-state index in [1.54, 1.807) is 11.3 Å². The van der Waals surface area contributed by atoms with Gasteiger partial charge in [-0.2, -0.15) is 11.3 Å². The lowest BCUT2D eigenvalue weighted by atomic mass is 10.1. The molecule has 2 heterocycles. The number of rotatable bonds is 2. The molecule has 2 unspecified atom stereocenters. The van der Waals surface area contributed by atoms with Crippen molar-refractivity contribution in [3.05, 3.63) is 22.4 Å². The Morgan fingerprint density at radius 2 is 2.50 bits per heavy atom. The zero-order valence-corrected chi connectivity index (χ0v) is 10.4. The van der Waals surface area contributed by atoms with Crippen molar-refractivity contribution in [3.8, 4) is 0 Å². The molecule has 2 rings (SSSR count). The van der Waals surface area contributed by atoms with Crippen LogP contribution in [0, 0.1) is 0 Å².